The Bertz CT molecular complexity index is 448. The van der Waals surface area contributed by atoms with E-state index in [1.165, 1.54) is 0 Å². The van der Waals surface area contributed by atoms with Gasteiger partial charge in [0.1, 0.15) is 5.82 Å². The van der Waals surface area contributed by atoms with Crippen LogP contribution in [0.25, 0.3) is 0 Å². The fraction of sp³-hybridized carbons (Fsp3) is 0.600. The van der Waals surface area contributed by atoms with E-state index in [2.05, 4.69) is 5.32 Å². The Hall–Kier alpha value is -1.14. The molecule has 2 unspecified atom stereocenters. The van der Waals surface area contributed by atoms with E-state index in [1.54, 1.807) is 7.11 Å². The molecule has 0 aliphatic rings. The average molecular weight is 307 g/mol. The third-order valence-electron chi connectivity index (χ3n) is 3.43. The molecule has 0 amide bonds. The third-order valence-corrected chi connectivity index (χ3v) is 3.43. The van der Waals surface area contributed by atoms with E-state index in [0.717, 1.165) is 18.2 Å². The highest BCUT2D eigenvalue weighted by Gasteiger charge is 2.32. The number of hydrogen-bond acceptors (Lipinski definition) is 2. The number of methoxy groups -OCH3 is 1. The molecule has 2 atom stereocenters. The number of benzene rings is 1. The Morgan fingerprint density at radius 2 is 1.95 bits per heavy atom. The van der Waals surface area contributed by atoms with Gasteiger partial charge in [-0.05, 0) is 37.1 Å². The molecule has 0 saturated heterocycles. The van der Waals surface area contributed by atoms with Gasteiger partial charge in [0.15, 0.2) is 0 Å². The van der Waals surface area contributed by atoms with Gasteiger partial charge in [0, 0.05) is 25.3 Å². The first-order valence-corrected chi connectivity index (χ1v) is 6.90. The van der Waals surface area contributed by atoms with E-state index in [0.29, 0.717) is 19.6 Å². The van der Waals surface area contributed by atoms with Crippen LogP contribution in [-0.2, 0) is 10.9 Å². The van der Waals surface area contributed by atoms with Crippen molar-refractivity contribution >= 4 is 0 Å². The standard InChI is InChI=1S/C15H21F4NO/c1-4-20-14(10(2)7-8-21-3)12-9-11(15(17,18)19)5-6-13(12)16/h5-6,9-10,14,20H,4,7-8H2,1-3H3. The number of ether oxygens (including phenoxy) is 1. The van der Waals surface area contributed by atoms with Crippen molar-refractivity contribution in [3.63, 3.8) is 0 Å². The largest absolute Gasteiger partial charge is 0.416 e. The van der Waals surface area contributed by atoms with Crippen molar-refractivity contribution in [2.24, 2.45) is 5.92 Å². The molecule has 0 bridgehead atoms. The van der Waals surface area contributed by atoms with Crippen molar-refractivity contribution < 1.29 is 22.3 Å². The summed E-state index contributed by atoms with van der Waals surface area (Å²) < 4.78 is 57.3. The highest BCUT2D eigenvalue weighted by molar-refractivity contribution is 5.30. The second-order valence-electron chi connectivity index (χ2n) is 5.03. The van der Waals surface area contributed by atoms with Gasteiger partial charge in [0.25, 0.3) is 0 Å². The van der Waals surface area contributed by atoms with Gasteiger partial charge in [0.05, 0.1) is 5.56 Å². The lowest BCUT2D eigenvalue weighted by Gasteiger charge is -2.26. The summed E-state index contributed by atoms with van der Waals surface area (Å²) in [5.41, 5.74) is -0.781. The van der Waals surface area contributed by atoms with Crippen LogP contribution in [-0.4, -0.2) is 20.3 Å². The Morgan fingerprint density at radius 1 is 1.29 bits per heavy atom. The van der Waals surface area contributed by atoms with Crippen molar-refractivity contribution in [1.29, 1.82) is 0 Å². The van der Waals surface area contributed by atoms with Gasteiger partial charge < -0.3 is 10.1 Å². The molecule has 6 heteroatoms. The molecule has 1 N–H and O–H groups in total. The van der Waals surface area contributed by atoms with Gasteiger partial charge >= 0.3 is 6.18 Å². The molecular formula is C15H21F4NO. The van der Waals surface area contributed by atoms with Crippen LogP contribution in [0, 0.1) is 11.7 Å². The third kappa shape index (κ3) is 4.97. The summed E-state index contributed by atoms with van der Waals surface area (Å²) in [6.07, 6.45) is -3.85. The second-order valence-corrected chi connectivity index (χ2v) is 5.03. The lowest BCUT2D eigenvalue weighted by molar-refractivity contribution is -0.137. The highest BCUT2D eigenvalue weighted by Crippen LogP contribution is 2.34. The number of hydrogen-bond donors (Lipinski definition) is 1. The predicted octanol–water partition coefficient (Wildman–Crippen LogP) is 4.17. The second kappa shape index (κ2) is 7.75. The number of alkyl halides is 3. The van der Waals surface area contributed by atoms with Crippen molar-refractivity contribution in [2.75, 3.05) is 20.3 Å². The molecule has 2 nitrogen and oxygen atoms in total. The molecule has 0 aliphatic carbocycles. The van der Waals surface area contributed by atoms with Crippen molar-refractivity contribution in [3.05, 3.63) is 35.1 Å². The van der Waals surface area contributed by atoms with Crippen molar-refractivity contribution in [1.82, 2.24) is 5.32 Å². The van der Waals surface area contributed by atoms with Gasteiger partial charge in [-0.3, -0.25) is 0 Å². The first-order valence-electron chi connectivity index (χ1n) is 6.90. The van der Waals surface area contributed by atoms with Gasteiger partial charge in [-0.1, -0.05) is 13.8 Å². The zero-order valence-electron chi connectivity index (χ0n) is 12.4. The predicted molar refractivity (Wildman–Crippen MR) is 73.5 cm³/mol. The van der Waals surface area contributed by atoms with E-state index >= 15 is 0 Å². The number of halogens is 4. The van der Waals surface area contributed by atoms with E-state index in [4.69, 9.17) is 4.74 Å². The van der Waals surface area contributed by atoms with Crippen LogP contribution in [0.4, 0.5) is 17.6 Å². The van der Waals surface area contributed by atoms with Crippen LogP contribution >= 0.6 is 0 Å². The highest BCUT2D eigenvalue weighted by atomic mass is 19.4. The van der Waals surface area contributed by atoms with Gasteiger partial charge in [-0.15, -0.1) is 0 Å². The molecule has 0 heterocycles. The first kappa shape index (κ1) is 17.9. The molecule has 0 aromatic heterocycles. The molecule has 0 spiro atoms. The van der Waals surface area contributed by atoms with Crippen LogP contribution in [0.3, 0.4) is 0 Å². The molecule has 0 fully saturated rings. The van der Waals surface area contributed by atoms with Crippen LogP contribution in [0.2, 0.25) is 0 Å². The summed E-state index contributed by atoms with van der Waals surface area (Å²) in [6, 6.07) is 2.06. The summed E-state index contributed by atoms with van der Waals surface area (Å²) in [6.45, 7) is 4.72. The molecule has 21 heavy (non-hydrogen) atoms. The van der Waals surface area contributed by atoms with Crippen LogP contribution in [0.15, 0.2) is 18.2 Å². The molecular weight excluding hydrogens is 286 g/mol. The normalized spacial score (nSPS) is 15.0. The summed E-state index contributed by atoms with van der Waals surface area (Å²) in [5.74, 6) is -0.680. The maximum atomic E-state index is 14.0. The molecule has 1 aromatic carbocycles. The number of nitrogens with one attached hydrogen (secondary N) is 1. The lowest BCUT2D eigenvalue weighted by atomic mass is 9.90. The topological polar surface area (TPSA) is 21.3 Å². The molecule has 0 saturated carbocycles. The summed E-state index contributed by atoms with van der Waals surface area (Å²) >= 11 is 0. The summed E-state index contributed by atoms with van der Waals surface area (Å²) in [5, 5.41) is 3.06. The van der Waals surface area contributed by atoms with Crippen LogP contribution < -0.4 is 5.32 Å². The molecule has 120 valence electrons. The minimum absolute atomic E-state index is 0.0512. The van der Waals surface area contributed by atoms with E-state index in [1.807, 2.05) is 13.8 Å². The van der Waals surface area contributed by atoms with Gasteiger partial charge in [-0.2, -0.15) is 13.2 Å². The Balaban J connectivity index is 3.11. The van der Waals surface area contributed by atoms with Crippen molar-refractivity contribution in [2.45, 2.75) is 32.5 Å². The van der Waals surface area contributed by atoms with Crippen LogP contribution in [0.1, 0.15) is 37.4 Å². The monoisotopic (exact) mass is 307 g/mol. The zero-order chi connectivity index (χ0) is 16.0. The van der Waals surface area contributed by atoms with Crippen LogP contribution in [0.5, 0.6) is 0 Å². The average Bonchev–Trinajstić information content (AvgIpc) is 2.41. The Labute approximate surface area is 122 Å². The van der Waals surface area contributed by atoms with Gasteiger partial charge in [-0.25, -0.2) is 4.39 Å². The summed E-state index contributed by atoms with van der Waals surface area (Å²) in [4.78, 5) is 0. The molecule has 0 aliphatic heterocycles. The minimum Gasteiger partial charge on any atom is -0.385 e. The Morgan fingerprint density at radius 3 is 2.48 bits per heavy atom. The Kier molecular flexibility index (Phi) is 6.61. The van der Waals surface area contributed by atoms with Crippen molar-refractivity contribution in [3.8, 4) is 0 Å². The maximum Gasteiger partial charge on any atom is 0.416 e. The lowest BCUT2D eigenvalue weighted by Crippen LogP contribution is -2.28. The quantitative estimate of drug-likeness (QED) is 0.764. The molecule has 0 radical (unpaired) electrons. The van der Waals surface area contributed by atoms with E-state index in [9.17, 15) is 17.6 Å². The minimum atomic E-state index is -4.48. The van der Waals surface area contributed by atoms with E-state index in [-0.39, 0.29) is 11.5 Å². The number of rotatable bonds is 7. The zero-order valence-corrected chi connectivity index (χ0v) is 12.4. The first-order chi connectivity index (χ1) is 9.81. The molecule has 1 aromatic rings. The SMILES string of the molecule is CCNC(c1cc(C(F)(F)F)ccc1F)C(C)CCOC. The van der Waals surface area contributed by atoms with E-state index < -0.39 is 23.6 Å². The maximum absolute atomic E-state index is 14.0. The molecule has 1 rings (SSSR count). The fourth-order valence-corrected chi connectivity index (χ4v) is 2.27. The summed E-state index contributed by atoms with van der Waals surface area (Å²) in [7, 11) is 1.56. The smallest absolute Gasteiger partial charge is 0.385 e. The fourth-order valence-electron chi connectivity index (χ4n) is 2.27. The van der Waals surface area contributed by atoms with Gasteiger partial charge in [0.2, 0.25) is 0 Å².